The van der Waals surface area contributed by atoms with Crippen LogP contribution in [0.1, 0.15) is 39.5 Å². The van der Waals surface area contributed by atoms with Gasteiger partial charge in [-0.2, -0.15) is 5.26 Å². The van der Waals surface area contributed by atoms with Crippen LogP contribution in [0.25, 0.3) is 0 Å². The van der Waals surface area contributed by atoms with Crippen molar-refractivity contribution in [1.29, 1.82) is 5.26 Å². The molecule has 0 aromatic carbocycles. The number of hydrogen-bond acceptors (Lipinski definition) is 2. The van der Waals surface area contributed by atoms with Crippen LogP contribution in [0.3, 0.4) is 0 Å². The highest BCUT2D eigenvalue weighted by atomic mass is 15.2. The molecule has 0 bridgehead atoms. The van der Waals surface area contributed by atoms with Gasteiger partial charge in [-0.25, -0.2) is 0 Å². The second-order valence-electron chi connectivity index (χ2n) is 5.96. The van der Waals surface area contributed by atoms with Crippen LogP contribution in [-0.4, -0.2) is 24.5 Å². The maximum absolute atomic E-state index is 8.75. The van der Waals surface area contributed by atoms with E-state index in [2.05, 4.69) is 24.8 Å². The summed E-state index contributed by atoms with van der Waals surface area (Å²) in [7, 11) is 0. The topological polar surface area (TPSA) is 27.0 Å². The van der Waals surface area contributed by atoms with Gasteiger partial charge in [-0.1, -0.05) is 13.8 Å². The van der Waals surface area contributed by atoms with Gasteiger partial charge in [0.1, 0.15) is 0 Å². The Morgan fingerprint density at radius 2 is 2.00 bits per heavy atom. The fourth-order valence-electron chi connectivity index (χ4n) is 2.57. The van der Waals surface area contributed by atoms with Crippen LogP contribution in [0.4, 0.5) is 0 Å². The highest BCUT2D eigenvalue weighted by molar-refractivity contribution is 5.02. The number of rotatable bonds is 3. The second-order valence-corrected chi connectivity index (χ2v) is 5.96. The second kappa shape index (κ2) is 3.24. The van der Waals surface area contributed by atoms with Gasteiger partial charge in [0.2, 0.25) is 0 Å². The Bertz CT molecular complexity index is 258. The Kier molecular flexibility index (Phi) is 2.31. The van der Waals surface area contributed by atoms with Gasteiger partial charge in [-0.3, -0.25) is 0 Å². The summed E-state index contributed by atoms with van der Waals surface area (Å²) in [6, 6.07) is 2.34. The molecule has 2 nitrogen and oxygen atoms in total. The normalized spacial score (nSPS) is 28.6. The third kappa shape index (κ3) is 2.09. The minimum absolute atomic E-state index is 0.398. The minimum Gasteiger partial charge on any atom is -0.302 e. The molecule has 0 atom stereocenters. The predicted octanol–water partition coefficient (Wildman–Crippen LogP) is 2.41. The summed E-state index contributed by atoms with van der Waals surface area (Å²) in [6.07, 6.45) is 4.63. The van der Waals surface area contributed by atoms with E-state index >= 15 is 0 Å². The van der Waals surface area contributed by atoms with Gasteiger partial charge in [0, 0.05) is 19.5 Å². The van der Waals surface area contributed by atoms with Crippen LogP contribution in [0.15, 0.2) is 0 Å². The molecule has 2 rings (SSSR count). The number of nitrogens with zero attached hydrogens (tertiary/aromatic N) is 2. The highest BCUT2D eigenvalue weighted by Gasteiger charge is 2.45. The monoisotopic (exact) mass is 192 g/mol. The van der Waals surface area contributed by atoms with Crippen LogP contribution in [0.5, 0.6) is 0 Å². The van der Waals surface area contributed by atoms with Crippen molar-refractivity contribution in [2.45, 2.75) is 39.5 Å². The molecule has 2 fully saturated rings. The first-order chi connectivity index (χ1) is 6.55. The van der Waals surface area contributed by atoms with Crippen LogP contribution >= 0.6 is 0 Å². The molecule has 0 spiro atoms. The van der Waals surface area contributed by atoms with Gasteiger partial charge in [0.15, 0.2) is 0 Å². The Morgan fingerprint density at radius 3 is 2.43 bits per heavy atom. The van der Waals surface area contributed by atoms with E-state index in [-0.39, 0.29) is 0 Å². The first-order valence-electron chi connectivity index (χ1n) is 5.65. The van der Waals surface area contributed by atoms with E-state index in [0.717, 1.165) is 6.42 Å². The lowest BCUT2D eigenvalue weighted by molar-refractivity contribution is 0.239. The average Bonchev–Trinajstić information content (AvgIpc) is 2.73. The molecule has 0 N–H and O–H groups in total. The number of likely N-dealkylation sites (tertiary alicyclic amines) is 1. The zero-order valence-corrected chi connectivity index (χ0v) is 9.34. The van der Waals surface area contributed by atoms with Crippen LogP contribution in [0, 0.1) is 22.2 Å². The van der Waals surface area contributed by atoms with E-state index in [0.29, 0.717) is 10.8 Å². The van der Waals surface area contributed by atoms with Gasteiger partial charge in [-0.05, 0) is 36.6 Å². The summed E-state index contributed by atoms with van der Waals surface area (Å²) in [4.78, 5) is 2.56. The van der Waals surface area contributed by atoms with Crippen LogP contribution < -0.4 is 0 Å². The van der Waals surface area contributed by atoms with Crippen molar-refractivity contribution in [3.05, 3.63) is 0 Å². The largest absolute Gasteiger partial charge is 0.302 e. The summed E-state index contributed by atoms with van der Waals surface area (Å²) >= 11 is 0. The lowest BCUT2D eigenvalue weighted by atomic mass is 9.93. The van der Waals surface area contributed by atoms with Gasteiger partial charge >= 0.3 is 0 Å². The van der Waals surface area contributed by atoms with Crippen molar-refractivity contribution >= 4 is 0 Å². The third-order valence-electron chi connectivity index (χ3n) is 3.73. The summed E-state index contributed by atoms with van der Waals surface area (Å²) in [5.41, 5.74) is 0.901. The molecule has 2 heteroatoms. The molecule has 0 radical (unpaired) electrons. The van der Waals surface area contributed by atoms with Gasteiger partial charge in [0.25, 0.3) is 0 Å². The van der Waals surface area contributed by atoms with Crippen molar-refractivity contribution in [1.82, 2.24) is 4.90 Å². The van der Waals surface area contributed by atoms with Crippen molar-refractivity contribution < 1.29 is 0 Å². The van der Waals surface area contributed by atoms with E-state index in [1.165, 1.54) is 38.9 Å². The van der Waals surface area contributed by atoms with E-state index in [1.54, 1.807) is 0 Å². The van der Waals surface area contributed by atoms with Crippen LogP contribution in [-0.2, 0) is 0 Å². The van der Waals surface area contributed by atoms with Crippen molar-refractivity contribution in [2.24, 2.45) is 10.8 Å². The molecule has 0 amide bonds. The smallest absolute Gasteiger partial charge is 0.0628 e. The summed E-state index contributed by atoms with van der Waals surface area (Å²) in [5, 5.41) is 8.75. The Morgan fingerprint density at radius 1 is 1.29 bits per heavy atom. The molecule has 1 saturated heterocycles. The standard InChI is InChI=1S/C12H20N2/c1-11(2)6-8-14(9-11)10-12(3-4-12)5-7-13/h3-6,8-10H2,1-2H3. The van der Waals surface area contributed by atoms with Crippen LogP contribution in [0.2, 0.25) is 0 Å². The lowest BCUT2D eigenvalue weighted by Gasteiger charge is -2.23. The van der Waals surface area contributed by atoms with Crippen molar-refractivity contribution in [3.63, 3.8) is 0 Å². The average molecular weight is 192 g/mol. The molecule has 0 unspecified atom stereocenters. The molecular weight excluding hydrogens is 172 g/mol. The maximum Gasteiger partial charge on any atom is 0.0628 e. The molecule has 0 aromatic rings. The molecule has 1 saturated carbocycles. The maximum atomic E-state index is 8.75. The summed E-state index contributed by atoms with van der Waals surface area (Å²) in [5.74, 6) is 0. The zero-order chi connectivity index (χ0) is 10.2. The fraction of sp³-hybridized carbons (Fsp3) is 0.917. The summed E-state index contributed by atoms with van der Waals surface area (Å²) < 4.78 is 0. The minimum atomic E-state index is 0.398. The molecule has 14 heavy (non-hydrogen) atoms. The van der Waals surface area contributed by atoms with E-state index in [4.69, 9.17) is 5.26 Å². The molecule has 78 valence electrons. The Labute approximate surface area is 86.9 Å². The van der Waals surface area contributed by atoms with Crippen molar-refractivity contribution in [3.8, 4) is 6.07 Å². The quantitative estimate of drug-likeness (QED) is 0.686. The van der Waals surface area contributed by atoms with E-state index in [9.17, 15) is 0 Å². The number of hydrogen-bond donors (Lipinski definition) is 0. The van der Waals surface area contributed by atoms with Crippen molar-refractivity contribution in [2.75, 3.05) is 19.6 Å². The third-order valence-corrected chi connectivity index (χ3v) is 3.73. The zero-order valence-electron chi connectivity index (χ0n) is 9.34. The van der Waals surface area contributed by atoms with Gasteiger partial charge in [0.05, 0.1) is 6.07 Å². The molecular formula is C12H20N2. The number of nitriles is 1. The Balaban J connectivity index is 1.85. The lowest BCUT2D eigenvalue weighted by Crippen LogP contribution is -2.29. The predicted molar refractivity (Wildman–Crippen MR) is 56.7 cm³/mol. The molecule has 1 heterocycles. The van der Waals surface area contributed by atoms with E-state index < -0.39 is 0 Å². The highest BCUT2D eigenvalue weighted by Crippen LogP contribution is 2.50. The SMILES string of the molecule is CC1(C)CCN(CC2(CC#N)CC2)C1. The molecule has 1 aliphatic heterocycles. The van der Waals surface area contributed by atoms with Gasteiger partial charge < -0.3 is 4.90 Å². The first kappa shape index (κ1) is 9.98. The fourth-order valence-corrected chi connectivity index (χ4v) is 2.57. The molecule has 1 aliphatic carbocycles. The van der Waals surface area contributed by atoms with E-state index in [1.807, 2.05) is 0 Å². The first-order valence-corrected chi connectivity index (χ1v) is 5.65. The molecule has 2 aliphatic rings. The molecule has 0 aromatic heterocycles. The Hall–Kier alpha value is -0.550. The summed E-state index contributed by atoms with van der Waals surface area (Å²) in [6.45, 7) is 8.32. The van der Waals surface area contributed by atoms with Gasteiger partial charge in [-0.15, -0.1) is 0 Å².